The van der Waals surface area contributed by atoms with Crippen molar-refractivity contribution in [2.24, 2.45) is 5.92 Å². The average molecular weight is 309 g/mol. The van der Waals surface area contributed by atoms with E-state index in [4.69, 9.17) is 4.74 Å². The van der Waals surface area contributed by atoms with Gasteiger partial charge in [-0.3, -0.25) is 4.79 Å². The highest BCUT2D eigenvalue weighted by Crippen LogP contribution is 2.13. The number of aryl methyl sites for hydroxylation is 2. The van der Waals surface area contributed by atoms with E-state index in [0.717, 1.165) is 11.3 Å². The molecule has 2 rings (SSSR count). The molecule has 1 aliphatic rings. The van der Waals surface area contributed by atoms with E-state index in [1.54, 1.807) is 11.8 Å². The van der Waals surface area contributed by atoms with Gasteiger partial charge in [0.15, 0.2) is 0 Å². The zero-order valence-electron chi connectivity index (χ0n) is 13.1. The summed E-state index contributed by atoms with van der Waals surface area (Å²) < 4.78 is 5.39. The summed E-state index contributed by atoms with van der Waals surface area (Å²) in [4.78, 5) is 31.9. The smallest absolute Gasteiger partial charge is 0.345 e. The van der Waals surface area contributed by atoms with E-state index in [1.807, 2.05) is 6.92 Å². The second-order valence-electron chi connectivity index (χ2n) is 5.69. The number of nitrogens with one attached hydrogen (secondary N) is 1. The molecule has 0 bridgehead atoms. The maximum atomic E-state index is 12.4. The minimum absolute atomic E-state index is 0.0197. The number of aliphatic hydroxyl groups excluding tert-OH is 1. The van der Waals surface area contributed by atoms with Crippen LogP contribution in [-0.2, 0) is 16.0 Å². The van der Waals surface area contributed by atoms with Crippen LogP contribution in [-0.4, -0.2) is 58.8 Å². The van der Waals surface area contributed by atoms with Gasteiger partial charge in [-0.25, -0.2) is 4.79 Å². The van der Waals surface area contributed by atoms with Gasteiger partial charge in [-0.15, -0.1) is 0 Å². The van der Waals surface area contributed by atoms with Gasteiger partial charge in [0, 0.05) is 43.4 Å². The first kappa shape index (κ1) is 16.6. The van der Waals surface area contributed by atoms with Gasteiger partial charge < -0.3 is 19.7 Å². The molecular formula is C15H23N3O4. The van der Waals surface area contributed by atoms with E-state index < -0.39 is 0 Å². The topological polar surface area (TPSA) is 95.5 Å². The fourth-order valence-electron chi connectivity index (χ4n) is 2.73. The lowest BCUT2D eigenvalue weighted by Crippen LogP contribution is -2.37. The Balaban J connectivity index is 1.99. The predicted molar refractivity (Wildman–Crippen MR) is 80.6 cm³/mol. The van der Waals surface area contributed by atoms with Crippen LogP contribution in [0.2, 0.25) is 0 Å². The first-order chi connectivity index (χ1) is 10.5. The van der Waals surface area contributed by atoms with Crippen LogP contribution in [0.1, 0.15) is 23.4 Å². The third-order valence-corrected chi connectivity index (χ3v) is 3.99. The molecule has 0 aromatic carbocycles. The van der Waals surface area contributed by atoms with Gasteiger partial charge in [0.05, 0.1) is 13.2 Å². The quantitative estimate of drug-likeness (QED) is 0.802. The standard InChI is InChI=1S/C15H23N3O4/c1-10-13(11(2)17-15(21)16-10)3-4-14(20)18-5-6-22-9-12(7-18)8-19/h12,19H,3-9H2,1-2H3,(H,16,17,21)/t12-/m1/s1. The highest BCUT2D eigenvalue weighted by molar-refractivity contribution is 5.76. The van der Waals surface area contributed by atoms with Crippen molar-refractivity contribution in [2.45, 2.75) is 26.7 Å². The monoisotopic (exact) mass is 309 g/mol. The van der Waals surface area contributed by atoms with Crippen molar-refractivity contribution in [1.82, 2.24) is 14.9 Å². The molecular weight excluding hydrogens is 286 g/mol. The Morgan fingerprint density at radius 2 is 2.27 bits per heavy atom. The van der Waals surface area contributed by atoms with Crippen LogP contribution >= 0.6 is 0 Å². The number of amides is 1. The Morgan fingerprint density at radius 3 is 2.95 bits per heavy atom. The van der Waals surface area contributed by atoms with E-state index in [1.165, 1.54) is 0 Å². The zero-order chi connectivity index (χ0) is 16.1. The number of hydrogen-bond acceptors (Lipinski definition) is 5. The molecule has 1 aromatic rings. The van der Waals surface area contributed by atoms with Crippen LogP contribution in [0.4, 0.5) is 0 Å². The lowest BCUT2D eigenvalue weighted by Gasteiger charge is -2.23. The van der Waals surface area contributed by atoms with Crippen molar-refractivity contribution in [3.05, 3.63) is 27.4 Å². The lowest BCUT2D eigenvalue weighted by atomic mass is 10.1. The SMILES string of the molecule is Cc1nc(=O)[nH]c(C)c1CCC(=O)N1CCOC[C@@H](CO)C1. The third-order valence-electron chi connectivity index (χ3n) is 3.99. The van der Waals surface area contributed by atoms with Gasteiger partial charge in [0.1, 0.15) is 0 Å². The van der Waals surface area contributed by atoms with Crippen LogP contribution in [0.3, 0.4) is 0 Å². The van der Waals surface area contributed by atoms with Crippen molar-refractivity contribution < 1.29 is 14.6 Å². The van der Waals surface area contributed by atoms with Crippen LogP contribution < -0.4 is 5.69 Å². The Kier molecular flexibility index (Phi) is 5.68. The summed E-state index contributed by atoms with van der Waals surface area (Å²) in [5.74, 6) is 0.0126. The number of aromatic amines is 1. The van der Waals surface area contributed by atoms with Crippen molar-refractivity contribution in [3.63, 3.8) is 0 Å². The van der Waals surface area contributed by atoms with Gasteiger partial charge in [-0.1, -0.05) is 0 Å². The molecule has 2 N–H and O–H groups in total. The molecule has 1 atom stereocenters. The highest BCUT2D eigenvalue weighted by atomic mass is 16.5. The van der Waals surface area contributed by atoms with Crippen molar-refractivity contribution in [3.8, 4) is 0 Å². The van der Waals surface area contributed by atoms with Gasteiger partial charge in [0.25, 0.3) is 0 Å². The molecule has 0 spiro atoms. The number of carbonyl (C=O) groups is 1. The van der Waals surface area contributed by atoms with Crippen LogP contribution in [0, 0.1) is 19.8 Å². The lowest BCUT2D eigenvalue weighted by molar-refractivity contribution is -0.131. The summed E-state index contributed by atoms with van der Waals surface area (Å²) in [5.41, 5.74) is 1.98. The summed E-state index contributed by atoms with van der Waals surface area (Å²) >= 11 is 0. The van der Waals surface area contributed by atoms with Crippen LogP contribution in [0.25, 0.3) is 0 Å². The molecule has 0 saturated carbocycles. The van der Waals surface area contributed by atoms with E-state index >= 15 is 0 Å². The third kappa shape index (κ3) is 4.14. The number of aromatic nitrogens is 2. The highest BCUT2D eigenvalue weighted by Gasteiger charge is 2.22. The average Bonchev–Trinajstić information content (AvgIpc) is 2.71. The Bertz CT molecular complexity index is 558. The summed E-state index contributed by atoms with van der Waals surface area (Å²) in [6.45, 7) is 5.68. The summed E-state index contributed by atoms with van der Waals surface area (Å²) in [5, 5.41) is 9.26. The first-order valence-electron chi connectivity index (χ1n) is 7.54. The molecule has 0 radical (unpaired) electrons. The number of nitrogens with zero attached hydrogens (tertiary/aromatic N) is 2. The van der Waals surface area contributed by atoms with Crippen molar-refractivity contribution in [2.75, 3.05) is 32.9 Å². The Hall–Kier alpha value is -1.73. The number of aliphatic hydroxyl groups is 1. The van der Waals surface area contributed by atoms with E-state index in [-0.39, 0.29) is 24.1 Å². The molecule has 1 aromatic heterocycles. The normalized spacial score (nSPS) is 19.0. The number of hydrogen-bond donors (Lipinski definition) is 2. The molecule has 1 amide bonds. The van der Waals surface area contributed by atoms with E-state index in [9.17, 15) is 14.7 Å². The van der Waals surface area contributed by atoms with Crippen molar-refractivity contribution >= 4 is 5.91 Å². The number of ether oxygens (including phenoxy) is 1. The number of H-pyrrole nitrogens is 1. The van der Waals surface area contributed by atoms with Gasteiger partial charge in [-0.2, -0.15) is 4.98 Å². The van der Waals surface area contributed by atoms with Gasteiger partial charge >= 0.3 is 5.69 Å². The summed E-state index contributed by atoms with van der Waals surface area (Å²) in [6.07, 6.45) is 0.898. The molecule has 122 valence electrons. The van der Waals surface area contributed by atoms with Crippen LogP contribution in [0.15, 0.2) is 4.79 Å². The minimum Gasteiger partial charge on any atom is -0.396 e. The first-order valence-corrected chi connectivity index (χ1v) is 7.54. The fraction of sp³-hybridized carbons (Fsp3) is 0.667. The molecule has 2 heterocycles. The van der Waals surface area contributed by atoms with Crippen molar-refractivity contribution in [1.29, 1.82) is 0 Å². The van der Waals surface area contributed by atoms with Gasteiger partial charge in [-0.05, 0) is 25.8 Å². The fourth-order valence-corrected chi connectivity index (χ4v) is 2.73. The number of carbonyl (C=O) groups excluding carboxylic acids is 1. The maximum absolute atomic E-state index is 12.4. The van der Waals surface area contributed by atoms with E-state index in [0.29, 0.717) is 44.8 Å². The molecule has 1 aliphatic heterocycles. The molecule has 7 nitrogen and oxygen atoms in total. The number of rotatable bonds is 4. The Labute approximate surface area is 129 Å². The zero-order valence-corrected chi connectivity index (χ0v) is 13.1. The molecule has 7 heteroatoms. The predicted octanol–water partition coefficient (Wildman–Crippen LogP) is -0.213. The molecule has 1 saturated heterocycles. The van der Waals surface area contributed by atoms with E-state index in [2.05, 4.69) is 9.97 Å². The Morgan fingerprint density at radius 1 is 1.50 bits per heavy atom. The maximum Gasteiger partial charge on any atom is 0.345 e. The summed E-state index contributed by atoms with van der Waals surface area (Å²) in [6, 6.07) is 0. The summed E-state index contributed by atoms with van der Waals surface area (Å²) in [7, 11) is 0. The molecule has 0 unspecified atom stereocenters. The second-order valence-corrected chi connectivity index (χ2v) is 5.69. The second kappa shape index (κ2) is 7.51. The van der Waals surface area contributed by atoms with Gasteiger partial charge in [0.2, 0.25) is 5.91 Å². The largest absolute Gasteiger partial charge is 0.396 e. The molecule has 0 aliphatic carbocycles. The molecule has 1 fully saturated rings. The molecule has 22 heavy (non-hydrogen) atoms. The van der Waals surface area contributed by atoms with Crippen LogP contribution in [0.5, 0.6) is 0 Å². The minimum atomic E-state index is -0.361.